The molecule has 0 radical (unpaired) electrons. The molecule has 6 aromatic rings. The molecule has 2 atom stereocenters. The number of aryl methyl sites for hydroxylation is 2. The molecule has 51 heavy (non-hydrogen) atoms. The lowest BCUT2D eigenvalue weighted by Gasteiger charge is -2.47. The fourth-order valence-corrected chi connectivity index (χ4v) is 10.3. The minimum absolute atomic E-state index is 0.0165. The van der Waals surface area contributed by atoms with Gasteiger partial charge in [-0.3, -0.25) is 4.79 Å². The van der Waals surface area contributed by atoms with Gasteiger partial charge in [-0.15, -0.1) is 0 Å². The number of nitrogens with zero attached hydrogens (tertiary/aromatic N) is 5. The van der Waals surface area contributed by atoms with E-state index in [4.69, 9.17) is 4.98 Å². The van der Waals surface area contributed by atoms with Crippen LogP contribution in [0.5, 0.6) is 0 Å². The predicted octanol–water partition coefficient (Wildman–Crippen LogP) is 5.98. The summed E-state index contributed by atoms with van der Waals surface area (Å²) in [7, 11) is -8.44. The average Bonchev–Trinajstić information content (AvgIpc) is 3.72. The Bertz CT molecular complexity index is 2580. The van der Waals surface area contributed by atoms with Crippen molar-refractivity contribution >= 4 is 53.9 Å². The number of carbonyl (C=O) groups is 1. The van der Waals surface area contributed by atoms with Gasteiger partial charge in [0.15, 0.2) is 17.1 Å². The number of anilines is 1. The van der Waals surface area contributed by atoms with E-state index in [0.717, 1.165) is 57.0 Å². The topological polar surface area (TPSA) is 166 Å². The molecule has 0 amide bonds. The van der Waals surface area contributed by atoms with Crippen LogP contribution in [0, 0.1) is 37.4 Å². The monoisotopic (exact) mass is 728 g/mol. The summed E-state index contributed by atoms with van der Waals surface area (Å²) >= 11 is 0. The number of aliphatic carboxylic acids is 1. The summed E-state index contributed by atoms with van der Waals surface area (Å²) in [6.45, 7) is 3.67. The Morgan fingerprint density at radius 2 is 1.39 bits per heavy atom. The molecule has 2 bridgehead atoms. The molecule has 15 heteroatoms. The van der Waals surface area contributed by atoms with Crippen LogP contribution >= 0.6 is 0 Å². The molecular formula is C36H33FN6O6S2. The first-order valence-corrected chi connectivity index (χ1v) is 19.4. The highest BCUT2D eigenvalue weighted by atomic mass is 32.2. The van der Waals surface area contributed by atoms with Crippen LogP contribution in [0.25, 0.3) is 33.5 Å². The van der Waals surface area contributed by atoms with Crippen molar-refractivity contribution in [1.29, 1.82) is 0 Å². The molecule has 0 spiro atoms. The minimum Gasteiger partial charge on any atom is -0.481 e. The largest absolute Gasteiger partial charge is 0.481 e. The van der Waals surface area contributed by atoms with Gasteiger partial charge in [0.25, 0.3) is 20.0 Å². The number of nitrogens with one attached hydrogen (secondary N) is 1. The van der Waals surface area contributed by atoms with Gasteiger partial charge in [0.1, 0.15) is 11.6 Å². The van der Waals surface area contributed by atoms with Gasteiger partial charge in [-0.05, 0) is 87.8 Å². The molecule has 3 fully saturated rings. The number of carboxylic acids is 1. The summed E-state index contributed by atoms with van der Waals surface area (Å²) in [6.07, 6.45) is 6.81. The van der Waals surface area contributed by atoms with Crippen LogP contribution in [-0.4, -0.2) is 56.9 Å². The summed E-state index contributed by atoms with van der Waals surface area (Å²) in [5.74, 6) is -2.24. The average molecular weight is 729 g/mol. The van der Waals surface area contributed by atoms with Crippen molar-refractivity contribution in [1.82, 2.24) is 22.9 Å². The van der Waals surface area contributed by atoms with E-state index in [-0.39, 0.29) is 55.5 Å². The predicted molar refractivity (Wildman–Crippen MR) is 188 cm³/mol. The summed E-state index contributed by atoms with van der Waals surface area (Å²) in [4.78, 5) is 26.2. The van der Waals surface area contributed by atoms with E-state index in [1.807, 2.05) is 13.8 Å². The molecule has 3 saturated carbocycles. The fraction of sp³-hybridized carbons (Fsp3) is 0.278. The van der Waals surface area contributed by atoms with Crippen molar-refractivity contribution in [2.45, 2.75) is 55.4 Å². The molecule has 0 saturated heterocycles. The van der Waals surface area contributed by atoms with E-state index in [2.05, 4.69) is 15.3 Å². The third kappa shape index (κ3) is 5.46. The van der Waals surface area contributed by atoms with Crippen LogP contribution in [0.15, 0.2) is 89.0 Å². The molecule has 2 aromatic carbocycles. The second kappa shape index (κ2) is 12.0. The summed E-state index contributed by atoms with van der Waals surface area (Å²) in [5, 5.41) is 14.1. The Labute approximate surface area is 293 Å². The zero-order valence-electron chi connectivity index (χ0n) is 27.6. The van der Waals surface area contributed by atoms with Crippen LogP contribution in [0.3, 0.4) is 0 Å². The van der Waals surface area contributed by atoms with Crippen molar-refractivity contribution in [3.63, 3.8) is 0 Å². The molecule has 262 valence electrons. The molecule has 4 aromatic heterocycles. The van der Waals surface area contributed by atoms with Crippen LogP contribution in [0.2, 0.25) is 0 Å². The first-order valence-electron chi connectivity index (χ1n) is 16.5. The lowest BCUT2D eigenvalue weighted by Crippen LogP contribution is -2.51. The summed E-state index contributed by atoms with van der Waals surface area (Å²) in [5.41, 5.74) is 1.70. The standard InChI is InChI=1S/C36H33FN6O6S2/c1-20-3-11-25(12-4-20)50(46,47)42-16-15-27-32(39-31-23-9-7-22(8-10-23)30(31)36(44)45)40-33(41-35(27)42)29-19-43(34-28(29)17-24(37)18-38-34)51(48,49)26-13-5-21(2)6-14-26/h3-6,11-19,22-23,30-31H,7-10H2,1-2H3,(H,44,45)(H,39,40,41). The Morgan fingerprint density at radius 3 is 2.00 bits per heavy atom. The van der Waals surface area contributed by atoms with Crippen molar-refractivity contribution in [3.8, 4) is 11.4 Å². The third-order valence-electron chi connectivity index (χ3n) is 10.3. The molecule has 2 N–H and O–H groups in total. The summed E-state index contributed by atoms with van der Waals surface area (Å²) < 4.78 is 72.8. The molecule has 12 nitrogen and oxygen atoms in total. The Hall–Kier alpha value is -5.15. The van der Waals surface area contributed by atoms with E-state index in [1.165, 1.54) is 36.7 Å². The van der Waals surface area contributed by atoms with Crippen molar-refractivity contribution < 1.29 is 31.1 Å². The zero-order valence-corrected chi connectivity index (χ0v) is 29.2. The number of fused-ring (bicyclic) bond motifs is 5. The van der Waals surface area contributed by atoms with E-state index in [0.29, 0.717) is 5.39 Å². The van der Waals surface area contributed by atoms with E-state index >= 15 is 0 Å². The van der Waals surface area contributed by atoms with Crippen molar-refractivity contribution in [3.05, 3.63) is 96.2 Å². The van der Waals surface area contributed by atoms with Crippen molar-refractivity contribution in [2.75, 3.05) is 5.32 Å². The first kappa shape index (κ1) is 33.0. The van der Waals surface area contributed by atoms with Crippen LogP contribution < -0.4 is 5.32 Å². The molecule has 0 aliphatic heterocycles. The number of pyridine rings is 1. The Balaban J connectivity index is 1.36. The highest BCUT2D eigenvalue weighted by Gasteiger charge is 2.47. The van der Waals surface area contributed by atoms with Gasteiger partial charge < -0.3 is 10.4 Å². The van der Waals surface area contributed by atoms with E-state index in [9.17, 15) is 31.1 Å². The fourth-order valence-electron chi connectivity index (χ4n) is 7.65. The highest BCUT2D eigenvalue weighted by Crippen LogP contribution is 2.47. The minimum atomic E-state index is -4.25. The molecule has 2 unspecified atom stereocenters. The SMILES string of the molecule is Cc1ccc(S(=O)(=O)n2cc(-c3nc(NC4C5CCC(CC5)C4C(=O)O)c4ccn(S(=O)(=O)c5ccc(C)cc5)c4n3)c3cc(F)cnc32)cc1. The van der Waals surface area contributed by atoms with Crippen LogP contribution in [0.1, 0.15) is 36.8 Å². The van der Waals surface area contributed by atoms with Gasteiger partial charge in [-0.25, -0.2) is 44.1 Å². The number of rotatable bonds is 8. The lowest BCUT2D eigenvalue weighted by molar-refractivity contribution is -0.148. The van der Waals surface area contributed by atoms with Gasteiger partial charge in [0.05, 0.1) is 27.3 Å². The van der Waals surface area contributed by atoms with Gasteiger partial charge >= 0.3 is 5.97 Å². The molecule has 4 heterocycles. The maximum absolute atomic E-state index is 14.8. The number of benzene rings is 2. The van der Waals surface area contributed by atoms with Gasteiger partial charge in [-0.2, -0.15) is 0 Å². The van der Waals surface area contributed by atoms with Gasteiger partial charge in [0.2, 0.25) is 0 Å². The quantitative estimate of drug-likeness (QED) is 0.190. The highest BCUT2D eigenvalue weighted by molar-refractivity contribution is 7.90. The van der Waals surface area contributed by atoms with Gasteiger partial charge in [0, 0.05) is 29.4 Å². The number of aromatic nitrogens is 5. The molecule has 9 rings (SSSR count). The van der Waals surface area contributed by atoms with Crippen LogP contribution in [0.4, 0.5) is 10.2 Å². The maximum Gasteiger partial charge on any atom is 0.308 e. The van der Waals surface area contributed by atoms with E-state index < -0.39 is 43.8 Å². The van der Waals surface area contributed by atoms with E-state index in [1.54, 1.807) is 30.3 Å². The zero-order chi connectivity index (χ0) is 35.8. The lowest BCUT2D eigenvalue weighted by atomic mass is 9.61. The van der Waals surface area contributed by atoms with Crippen LogP contribution in [-0.2, 0) is 24.8 Å². The van der Waals surface area contributed by atoms with Gasteiger partial charge in [-0.1, -0.05) is 35.4 Å². The molecule has 3 aliphatic carbocycles. The normalized spacial score (nSPS) is 20.6. The Morgan fingerprint density at radius 1 is 0.804 bits per heavy atom. The first-order chi connectivity index (χ1) is 24.3. The number of halogens is 1. The molecule has 3 aliphatic rings. The summed E-state index contributed by atoms with van der Waals surface area (Å²) in [6, 6.07) is 14.8. The second-order valence-electron chi connectivity index (χ2n) is 13.5. The smallest absolute Gasteiger partial charge is 0.308 e. The maximum atomic E-state index is 14.8. The second-order valence-corrected chi connectivity index (χ2v) is 17.1. The number of hydrogen-bond acceptors (Lipinski definition) is 9. The number of hydrogen-bond donors (Lipinski definition) is 2. The number of carboxylic acid groups (broad SMARTS) is 1. The molecular weight excluding hydrogens is 696 g/mol. The Kier molecular flexibility index (Phi) is 7.76. The third-order valence-corrected chi connectivity index (χ3v) is 13.6. The van der Waals surface area contributed by atoms with Crippen molar-refractivity contribution in [2.24, 2.45) is 17.8 Å².